The molecule has 0 saturated carbocycles. The van der Waals surface area contributed by atoms with Crippen molar-refractivity contribution in [3.8, 4) is 0 Å². The van der Waals surface area contributed by atoms with Crippen LogP contribution in [-0.2, 0) is 19.0 Å². The third kappa shape index (κ3) is 2.61. The molecule has 0 bridgehead atoms. The fourth-order valence-corrected chi connectivity index (χ4v) is 4.41. The van der Waals surface area contributed by atoms with Crippen LogP contribution in [0.2, 0.25) is 5.02 Å². The number of rotatable bonds is 2. The second-order valence-corrected chi connectivity index (χ2v) is 7.09. The Kier molecular flexibility index (Phi) is 3.65. The number of thiophene rings is 1. The van der Waals surface area contributed by atoms with Crippen LogP contribution in [-0.4, -0.2) is 9.97 Å². The summed E-state index contributed by atoms with van der Waals surface area (Å²) in [5.74, 6) is 0.409. The summed E-state index contributed by atoms with van der Waals surface area (Å²) >= 11 is 7.32. The van der Waals surface area contributed by atoms with E-state index in [0.29, 0.717) is 5.82 Å². The van der Waals surface area contributed by atoms with Gasteiger partial charge < -0.3 is 5.32 Å². The van der Waals surface area contributed by atoms with E-state index in [1.54, 1.807) is 11.3 Å². The summed E-state index contributed by atoms with van der Waals surface area (Å²) in [4.78, 5) is 10.5. The first-order chi connectivity index (χ1) is 11.4. The van der Waals surface area contributed by atoms with Gasteiger partial charge in [0.15, 0.2) is 0 Å². The van der Waals surface area contributed by atoms with E-state index in [9.17, 15) is 13.2 Å². The Morgan fingerprint density at radius 2 is 2.00 bits per heavy atom. The van der Waals surface area contributed by atoms with Gasteiger partial charge in [-0.05, 0) is 43.0 Å². The van der Waals surface area contributed by atoms with E-state index in [1.165, 1.54) is 23.3 Å². The minimum absolute atomic E-state index is 0.0390. The van der Waals surface area contributed by atoms with Crippen LogP contribution in [0.5, 0.6) is 0 Å². The molecule has 0 radical (unpaired) electrons. The van der Waals surface area contributed by atoms with Crippen LogP contribution in [0.3, 0.4) is 0 Å². The first kappa shape index (κ1) is 15.7. The zero-order chi connectivity index (χ0) is 16.9. The molecule has 2 aromatic heterocycles. The number of hydrogen-bond acceptors (Lipinski definition) is 4. The topological polar surface area (TPSA) is 37.8 Å². The van der Waals surface area contributed by atoms with Crippen molar-refractivity contribution in [2.24, 2.45) is 0 Å². The lowest BCUT2D eigenvalue weighted by Crippen LogP contribution is -2.09. The van der Waals surface area contributed by atoms with E-state index in [2.05, 4.69) is 15.3 Å². The monoisotopic (exact) mass is 369 g/mol. The Balaban J connectivity index is 1.84. The second-order valence-electron chi connectivity index (χ2n) is 5.57. The van der Waals surface area contributed by atoms with Gasteiger partial charge in [-0.3, -0.25) is 0 Å². The van der Waals surface area contributed by atoms with Crippen LogP contribution < -0.4 is 5.32 Å². The largest absolute Gasteiger partial charge is 0.418 e. The van der Waals surface area contributed by atoms with E-state index in [4.69, 9.17) is 11.6 Å². The van der Waals surface area contributed by atoms with Crippen molar-refractivity contribution < 1.29 is 13.2 Å². The smallest absolute Gasteiger partial charge is 0.339 e. The van der Waals surface area contributed by atoms with Gasteiger partial charge in [0.25, 0.3) is 0 Å². The fourth-order valence-electron chi connectivity index (χ4n) is 3.01. The van der Waals surface area contributed by atoms with Gasteiger partial charge in [-0.15, -0.1) is 11.3 Å². The first-order valence-corrected chi connectivity index (χ1v) is 8.52. The summed E-state index contributed by atoms with van der Waals surface area (Å²) < 4.78 is 39.8. The third-order valence-electron chi connectivity index (χ3n) is 4.04. The Hall–Kier alpha value is -1.86. The molecule has 0 aliphatic heterocycles. The molecule has 2 heterocycles. The Labute approximate surface area is 144 Å². The molecule has 3 nitrogen and oxygen atoms in total. The van der Waals surface area contributed by atoms with Crippen molar-refractivity contribution in [2.75, 3.05) is 5.32 Å². The van der Waals surface area contributed by atoms with Crippen LogP contribution in [0.1, 0.15) is 22.4 Å². The molecule has 0 saturated heterocycles. The lowest BCUT2D eigenvalue weighted by atomic mass is 10.1. The maximum Gasteiger partial charge on any atom is 0.418 e. The average Bonchev–Trinajstić information content (AvgIpc) is 3.08. The molecule has 1 aliphatic rings. The minimum Gasteiger partial charge on any atom is -0.339 e. The van der Waals surface area contributed by atoms with Crippen molar-refractivity contribution in [2.45, 2.75) is 25.4 Å². The predicted octanol–water partition coefficient (Wildman–Crippen LogP) is 5.60. The van der Waals surface area contributed by atoms with E-state index in [1.807, 2.05) is 0 Å². The molecule has 1 N–H and O–H groups in total. The van der Waals surface area contributed by atoms with Crippen molar-refractivity contribution in [1.82, 2.24) is 9.97 Å². The molecule has 24 heavy (non-hydrogen) atoms. The second kappa shape index (κ2) is 5.60. The van der Waals surface area contributed by atoms with Crippen molar-refractivity contribution in [3.63, 3.8) is 0 Å². The molecule has 1 aromatic carbocycles. The molecule has 0 atom stereocenters. The lowest BCUT2D eigenvalue weighted by molar-refractivity contribution is -0.136. The number of nitrogens with zero attached hydrogens (tertiary/aromatic N) is 2. The number of nitrogens with one attached hydrogen (secondary N) is 1. The number of aryl methyl sites for hydroxylation is 2. The van der Waals surface area contributed by atoms with Gasteiger partial charge in [0.1, 0.15) is 17.0 Å². The van der Waals surface area contributed by atoms with Gasteiger partial charge in [0, 0.05) is 9.90 Å². The highest BCUT2D eigenvalue weighted by molar-refractivity contribution is 7.19. The van der Waals surface area contributed by atoms with Gasteiger partial charge in [0.05, 0.1) is 16.6 Å². The number of aromatic nitrogens is 2. The van der Waals surface area contributed by atoms with E-state index in [-0.39, 0.29) is 10.7 Å². The molecule has 0 fully saturated rings. The van der Waals surface area contributed by atoms with Crippen molar-refractivity contribution in [3.05, 3.63) is 45.6 Å². The Morgan fingerprint density at radius 3 is 2.79 bits per heavy atom. The maximum absolute atomic E-state index is 13.3. The van der Waals surface area contributed by atoms with Gasteiger partial charge in [-0.25, -0.2) is 9.97 Å². The predicted molar refractivity (Wildman–Crippen MR) is 89.2 cm³/mol. The third-order valence-corrected chi connectivity index (χ3v) is 5.48. The number of benzene rings is 1. The zero-order valence-corrected chi connectivity index (χ0v) is 13.8. The van der Waals surface area contributed by atoms with E-state index < -0.39 is 11.7 Å². The Bertz CT molecular complexity index is 936. The SMILES string of the molecule is FC(F)(F)c1cc(Cl)ccc1Nc1ncnc2sc3c(c12)CCC3. The molecule has 0 unspecified atom stereocenters. The molecule has 0 amide bonds. The standard InChI is InChI=1S/C16H11ClF3N3S/c17-8-4-5-11(10(6-8)16(18,19)20)23-14-13-9-2-1-3-12(9)24-15(13)22-7-21-14/h4-7H,1-3H2,(H,21,22,23). The van der Waals surface area contributed by atoms with Crippen molar-refractivity contribution >= 4 is 44.7 Å². The van der Waals surface area contributed by atoms with E-state index in [0.717, 1.165) is 41.1 Å². The summed E-state index contributed by atoms with van der Waals surface area (Å²) in [6.07, 6.45) is -0.176. The van der Waals surface area contributed by atoms with Crippen LogP contribution >= 0.6 is 22.9 Å². The van der Waals surface area contributed by atoms with Crippen LogP contribution in [0, 0.1) is 0 Å². The summed E-state index contributed by atoms with van der Waals surface area (Å²) in [5, 5.41) is 3.71. The minimum atomic E-state index is -4.50. The summed E-state index contributed by atoms with van der Waals surface area (Å²) in [6.45, 7) is 0. The van der Waals surface area contributed by atoms with Gasteiger partial charge in [-0.1, -0.05) is 11.6 Å². The molecular formula is C16H11ClF3N3S. The molecule has 124 valence electrons. The summed E-state index contributed by atoms with van der Waals surface area (Å²) in [5.41, 5.74) is 0.277. The fraction of sp³-hybridized carbons (Fsp3) is 0.250. The van der Waals surface area contributed by atoms with Gasteiger partial charge in [0.2, 0.25) is 0 Å². The van der Waals surface area contributed by atoms with Crippen LogP contribution in [0.4, 0.5) is 24.7 Å². The van der Waals surface area contributed by atoms with Gasteiger partial charge in [-0.2, -0.15) is 13.2 Å². The number of hydrogen-bond donors (Lipinski definition) is 1. The molecule has 4 rings (SSSR count). The summed E-state index contributed by atoms with van der Waals surface area (Å²) in [6, 6.07) is 3.67. The first-order valence-electron chi connectivity index (χ1n) is 7.32. The van der Waals surface area contributed by atoms with Gasteiger partial charge >= 0.3 is 6.18 Å². The zero-order valence-electron chi connectivity index (χ0n) is 12.2. The summed E-state index contributed by atoms with van der Waals surface area (Å²) in [7, 11) is 0. The maximum atomic E-state index is 13.3. The van der Waals surface area contributed by atoms with Crippen LogP contribution in [0.25, 0.3) is 10.2 Å². The van der Waals surface area contributed by atoms with Crippen LogP contribution in [0.15, 0.2) is 24.5 Å². The molecule has 3 aromatic rings. The highest BCUT2D eigenvalue weighted by Gasteiger charge is 2.34. The molecular weight excluding hydrogens is 359 g/mol. The number of anilines is 2. The number of alkyl halides is 3. The highest BCUT2D eigenvalue weighted by Crippen LogP contribution is 2.42. The number of halogens is 4. The Morgan fingerprint density at radius 1 is 1.17 bits per heavy atom. The molecule has 8 heteroatoms. The number of fused-ring (bicyclic) bond motifs is 3. The average molecular weight is 370 g/mol. The van der Waals surface area contributed by atoms with Crippen molar-refractivity contribution in [1.29, 1.82) is 0 Å². The molecule has 0 spiro atoms. The normalized spacial score (nSPS) is 14.2. The quantitative estimate of drug-likeness (QED) is 0.639. The molecule has 1 aliphatic carbocycles. The highest BCUT2D eigenvalue weighted by atomic mass is 35.5. The lowest BCUT2D eigenvalue weighted by Gasteiger charge is -2.15. The van der Waals surface area contributed by atoms with E-state index >= 15 is 0 Å².